The Bertz CT molecular complexity index is 159. The van der Waals surface area contributed by atoms with Crippen LogP contribution in [0.2, 0.25) is 0 Å². The zero-order chi connectivity index (χ0) is 7.82. The molecule has 1 nitrogen and oxygen atoms in total. The number of allylic oxidation sites excluding steroid dienone is 2. The lowest BCUT2D eigenvalue weighted by Gasteiger charge is -1.85. The normalized spacial score (nSPS) is 9.60. The lowest BCUT2D eigenvalue weighted by Crippen LogP contribution is -1.71. The summed E-state index contributed by atoms with van der Waals surface area (Å²) in [6, 6.07) is 0. The van der Waals surface area contributed by atoms with Gasteiger partial charge in [0.15, 0.2) is 0 Å². The van der Waals surface area contributed by atoms with Crippen LogP contribution in [0.5, 0.6) is 0 Å². The molecular weight excluding hydrogens is 142 g/mol. The Morgan fingerprint density at radius 1 is 1.60 bits per heavy atom. The van der Waals surface area contributed by atoms with Crippen molar-refractivity contribution >= 4 is 18.0 Å². The first-order valence-electron chi connectivity index (χ1n) is 2.89. The highest BCUT2D eigenvalue weighted by Gasteiger charge is 1.77. The van der Waals surface area contributed by atoms with Gasteiger partial charge in [0.1, 0.15) is 0 Å². The zero-order valence-electron chi connectivity index (χ0n) is 5.84. The van der Waals surface area contributed by atoms with Crippen LogP contribution in [0.3, 0.4) is 0 Å². The predicted molar refractivity (Wildman–Crippen MR) is 49.7 cm³/mol. The second-order valence-corrected chi connectivity index (χ2v) is 2.58. The van der Waals surface area contributed by atoms with Gasteiger partial charge in [-0.15, -0.1) is 18.3 Å². The summed E-state index contributed by atoms with van der Waals surface area (Å²) in [5.41, 5.74) is 0.719. The van der Waals surface area contributed by atoms with E-state index in [4.69, 9.17) is 5.41 Å². The molecule has 54 valence electrons. The van der Waals surface area contributed by atoms with Gasteiger partial charge < -0.3 is 5.41 Å². The smallest absolute Gasteiger partial charge is 0.0244 e. The van der Waals surface area contributed by atoms with Crippen LogP contribution in [-0.4, -0.2) is 12.0 Å². The molecule has 2 heteroatoms. The SMILES string of the molecule is C=CCS/C=C\C(=C)C=N. The van der Waals surface area contributed by atoms with E-state index in [2.05, 4.69) is 13.2 Å². The first-order valence-corrected chi connectivity index (χ1v) is 3.94. The lowest BCUT2D eigenvalue weighted by molar-refractivity contribution is 1.56. The average molecular weight is 153 g/mol. The molecule has 0 saturated carbocycles. The predicted octanol–water partition coefficient (Wildman–Crippen LogP) is 2.63. The van der Waals surface area contributed by atoms with Crippen molar-refractivity contribution < 1.29 is 0 Å². The third-order valence-corrected chi connectivity index (χ3v) is 1.53. The van der Waals surface area contributed by atoms with Crippen molar-refractivity contribution in [2.24, 2.45) is 0 Å². The third kappa shape index (κ3) is 5.38. The molecule has 0 spiro atoms. The minimum atomic E-state index is 0.719. The Labute approximate surface area is 66.0 Å². The highest BCUT2D eigenvalue weighted by Crippen LogP contribution is 2.02. The number of nitrogens with one attached hydrogen (secondary N) is 1. The van der Waals surface area contributed by atoms with Gasteiger partial charge in [-0.05, 0) is 17.1 Å². The quantitative estimate of drug-likeness (QED) is 0.279. The van der Waals surface area contributed by atoms with Gasteiger partial charge in [-0.25, -0.2) is 0 Å². The number of hydrogen-bond donors (Lipinski definition) is 1. The summed E-state index contributed by atoms with van der Waals surface area (Å²) in [4.78, 5) is 0. The van der Waals surface area contributed by atoms with Gasteiger partial charge in [0.2, 0.25) is 0 Å². The molecule has 0 rings (SSSR count). The number of thioether (sulfide) groups is 1. The summed E-state index contributed by atoms with van der Waals surface area (Å²) in [5.74, 6) is 0.905. The molecule has 0 bridgehead atoms. The van der Waals surface area contributed by atoms with E-state index < -0.39 is 0 Å². The van der Waals surface area contributed by atoms with Gasteiger partial charge in [-0.1, -0.05) is 12.7 Å². The minimum Gasteiger partial charge on any atom is -0.308 e. The van der Waals surface area contributed by atoms with Crippen LogP contribution < -0.4 is 0 Å². The van der Waals surface area contributed by atoms with E-state index in [1.54, 1.807) is 17.8 Å². The van der Waals surface area contributed by atoms with Crippen molar-refractivity contribution in [1.29, 1.82) is 5.41 Å². The van der Waals surface area contributed by atoms with Crippen LogP contribution in [0, 0.1) is 5.41 Å². The molecule has 0 atom stereocenters. The second-order valence-electron chi connectivity index (χ2n) is 1.64. The van der Waals surface area contributed by atoms with Crippen LogP contribution >= 0.6 is 11.8 Å². The molecule has 0 aromatic rings. The Morgan fingerprint density at radius 2 is 2.30 bits per heavy atom. The number of rotatable bonds is 5. The molecular formula is C8H11NS. The summed E-state index contributed by atoms with van der Waals surface area (Å²) in [6.07, 6.45) is 4.87. The van der Waals surface area contributed by atoms with Gasteiger partial charge in [0, 0.05) is 12.0 Å². The summed E-state index contributed by atoms with van der Waals surface area (Å²) in [6.45, 7) is 7.18. The maximum Gasteiger partial charge on any atom is 0.0244 e. The molecule has 0 aliphatic rings. The first-order chi connectivity index (χ1) is 4.81. The molecule has 0 saturated heterocycles. The van der Waals surface area contributed by atoms with E-state index in [-0.39, 0.29) is 0 Å². The van der Waals surface area contributed by atoms with Gasteiger partial charge in [0.25, 0.3) is 0 Å². The molecule has 0 aromatic carbocycles. The molecule has 0 radical (unpaired) electrons. The van der Waals surface area contributed by atoms with Crippen molar-refractivity contribution in [3.05, 3.63) is 36.3 Å². The van der Waals surface area contributed by atoms with E-state index in [1.165, 1.54) is 6.21 Å². The van der Waals surface area contributed by atoms with Crippen molar-refractivity contribution in [2.75, 3.05) is 5.75 Å². The van der Waals surface area contributed by atoms with Gasteiger partial charge >= 0.3 is 0 Å². The summed E-state index contributed by atoms with van der Waals surface area (Å²) in [7, 11) is 0. The standard InChI is InChI=1S/C8H11NS/c1-3-5-10-6-4-8(2)7-9/h3-4,6-7,9H,1-2,5H2/b6-4-,9-7?. The van der Waals surface area contributed by atoms with Crippen LogP contribution in [0.4, 0.5) is 0 Å². The lowest BCUT2D eigenvalue weighted by atomic mass is 10.3. The molecule has 1 N–H and O–H groups in total. The van der Waals surface area contributed by atoms with Gasteiger partial charge in [-0.3, -0.25) is 0 Å². The summed E-state index contributed by atoms with van der Waals surface area (Å²) >= 11 is 1.63. The van der Waals surface area contributed by atoms with Crippen molar-refractivity contribution in [2.45, 2.75) is 0 Å². The fourth-order valence-corrected chi connectivity index (χ4v) is 0.825. The van der Waals surface area contributed by atoms with Crippen LogP contribution in [-0.2, 0) is 0 Å². The topological polar surface area (TPSA) is 23.9 Å². The van der Waals surface area contributed by atoms with Crippen molar-refractivity contribution in [1.82, 2.24) is 0 Å². The van der Waals surface area contributed by atoms with Crippen LogP contribution in [0.25, 0.3) is 0 Å². The van der Waals surface area contributed by atoms with E-state index in [0.717, 1.165) is 11.3 Å². The molecule has 0 aliphatic heterocycles. The van der Waals surface area contributed by atoms with Crippen LogP contribution in [0.1, 0.15) is 0 Å². The molecule has 0 aliphatic carbocycles. The maximum absolute atomic E-state index is 6.78. The Balaban J connectivity index is 3.45. The molecule has 0 aromatic heterocycles. The second kappa shape index (κ2) is 6.36. The van der Waals surface area contributed by atoms with Gasteiger partial charge in [-0.2, -0.15) is 0 Å². The third-order valence-electron chi connectivity index (χ3n) is 0.778. The molecule has 0 heterocycles. The largest absolute Gasteiger partial charge is 0.308 e. The highest BCUT2D eigenvalue weighted by molar-refractivity contribution is 8.02. The zero-order valence-corrected chi connectivity index (χ0v) is 6.66. The van der Waals surface area contributed by atoms with Crippen molar-refractivity contribution in [3.8, 4) is 0 Å². The summed E-state index contributed by atoms with van der Waals surface area (Å²) in [5, 5.41) is 8.70. The first kappa shape index (κ1) is 9.24. The van der Waals surface area contributed by atoms with Crippen molar-refractivity contribution in [3.63, 3.8) is 0 Å². The molecule has 0 fully saturated rings. The molecule has 0 amide bonds. The number of hydrogen-bond acceptors (Lipinski definition) is 2. The Morgan fingerprint density at radius 3 is 2.80 bits per heavy atom. The van der Waals surface area contributed by atoms with E-state index in [1.807, 2.05) is 11.5 Å². The van der Waals surface area contributed by atoms with E-state index >= 15 is 0 Å². The van der Waals surface area contributed by atoms with E-state index in [0.29, 0.717) is 0 Å². The fraction of sp³-hybridized carbons (Fsp3) is 0.125. The van der Waals surface area contributed by atoms with Crippen LogP contribution in [0.15, 0.2) is 36.3 Å². The minimum absolute atomic E-state index is 0.719. The molecule has 0 unspecified atom stereocenters. The summed E-state index contributed by atoms with van der Waals surface area (Å²) < 4.78 is 0. The Hall–Kier alpha value is -0.760. The monoisotopic (exact) mass is 153 g/mol. The average Bonchev–Trinajstić information content (AvgIpc) is 1.98. The molecule has 10 heavy (non-hydrogen) atoms. The Kier molecular flexibility index (Phi) is 5.88. The van der Waals surface area contributed by atoms with Gasteiger partial charge in [0.05, 0.1) is 0 Å². The van der Waals surface area contributed by atoms with E-state index in [9.17, 15) is 0 Å². The fourth-order valence-electron chi connectivity index (χ4n) is 0.307. The maximum atomic E-state index is 6.78. The highest BCUT2D eigenvalue weighted by atomic mass is 32.2.